The van der Waals surface area contributed by atoms with Crippen LogP contribution in [0.25, 0.3) is 6.08 Å². The highest BCUT2D eigenvalue weighted by atomic mass is 35.5. The summed E-state index contributed by atoms with van der Waals surface area (Å²) < 4.78 is 13.4. The first-order valence-corrected chi connectivity index (χ1v) is 15.6. The first-order valence-electron chi connectivity index (χ1n) is 14.4. The number of rotatable bonds is 9. The van der Waals surface area contributed by atoms with Crippen molar-refractivity contribution in [2.45, 2.75) is 39.7 Å². The first kappa shape index (κ1) is 30.6. The average molecular weight is 623 g/mol. The molecule has 0 aliphatic carbocycles. The maximum Gasteiger partial charge on any atom is 0.271 e. The van der Waals surface area contributed by atoms with Gasteiger partial charge in [-0.15, -0.1) is 0 Å². The smallest absolute Gasteiger partial charge is 0.271 e. The number of thiazole rings is 1. The quantitative estimate of drug-likeness (QED) is 0.362. The second-order valence-corrected chi connectivity index (χ2v) is 11.8. The van der Waals surface area contributed by atoms with Crippen molar-refractivity contribution in [1.82, 2.24) is 14.4 Å². The van der Waals surface area contributed by atoms with Crippen LogP contribution in [0.3, 0.4) is 0 Å². The zero-order valence-electron chi connectivity index (χ0n) is 24.8. The molecule has 0 saturated carbocycles. The molecule has 0 bridgehead atoms. The topological polar surface area (TPSA) is 93.4 Å². The molecular formula is C32H35ClN4O5S. The molecule has 43 heavy (non-hydrogen) atoms. The van der Waals surface area contributed by atoms with Gasteiger partial charge in [-0.05, 0) is 75.1 Å². The molecule has 2 aromatic carbocycles. The largest absolute Gasteiger partial charge is 0.493 e. The van der Waals surface area contributed by atoms with Gasteiger partial charge in [0.25, 0.3) is 17.4 Å². The summed E-state index contributed by atoms with van der Waals surface area (Å²) in [7, 11) is 1.53. The van der Waals surface area contributed by atoms with Crippen LogP contribution in [0.5, 0.6) is 11.5 Å². The van der Waals surface area contributed by atoms with E-state index >= 15 is 0 Å². The Balaban J connectivity index is 1.53. The lowest BCUT2D eigenvalue weighted by atomic mass is 9.94. The number of halogens is 1. The standard InChI is InChI=1S/C32H35ClN4O5S/c1-5-35(6-2)31(40)28-20(3)34-32-37(29(28)22-10-12-23(33)13-11-22)30(39)26(43-32)18-21-9-14-24(25(17-21)41-4)42-19-27(38)36-15-7-8-16-36/h9-14,17-18,29H,5-8,15-16,19H2,1-4H3/b26-18-/t29-/m1/s1. The summed E-state index contributed by atoms with van der Waals surface area (Å²) in [5.41, 5.74) is 2.29. The van der Waals surface area contributed by atoms with Gasteiger partial charge in [0.2, 0.25) is 0 Å². The van der Waals surface area contributed by atoms with Crippen LogP contribution in [0.2, 0.25) is 5.02 Å². The number of allylic oxidation sites excluding steroid dienone is 1. The number of likely N-dealkylation sites (tertiary alicyclic amines) is 1. The molecule has 11 heteroatoms. The van der Waals surface area contributed by atoms with Crippen LogP contribution in [-0.2, 0) is 9.59 Å². The third-order valence-electron chi connectivity index (χ3n) is 7.78. The second-order valence-electron chi connectivity index (χ2n) is 10.4. The number of nitrogens with zero attached hydrogens (tertiary/aromatic N) is 4. The number of methoxy groups -OCH3 is 1. The molecule has 1 saturated heterocycles. The number of carbonyl (C=O) groups is 2. The molecule has 2 amide bonds. The number of likely N-dealkylation sites (N-methyl/N-ethyl adjacent to an activating group) is 1. The van der Waals surface area contributed by atoms with Crippen LogP contribution in [0.4, 0.5) is 0 Å². The predicted molar refractivity (Wildman–Crippen MR) is 167 cm³/mol. The number of carbonyl (C=O) groups excluding carboxylic acids is 2. The summed E-state index contributed by atoms with van der Waals surface area (Å²) >= 11 is 7.45. The molecule has 2 aliphatic heterocycles. The van der Waals surface area contributed by atoms with Gasteiger partial charge in [-0.25, -0.2) is 4.99 Å². The van der Waals surface area contributed by atoms with Gasteiger partial charge < -0.3 is 19.3 Å². The number of hydrogen-bond acceptors (Lipinski definition) is 7. The number of amides is 2. The highest BCUT2D eigenvalue weighted by Crippen LogP contribution is 2.32. The van der Waals surface area contributed by atoms with Crippen molar-refractivity contribution in [2.24, 2.45) is 4.99 Å². The Labute approximate surface area is 259 Å². The Hall–Kier alpha value is -3.89. The zero-order chi connectivity index (χ0) is 30.7. The number of hydrogen-bond donors (Lipinski definition) is 0. The van der Waals surface area contributed by atoms with Crippen molar-refractivity contribution in [1.29, 1.82) is 0 Å². The van der Waals surface area contributed by atoms with E-state index in [1.807, 2.05) is 39.0 Å². The lowest BCUT2D eigenvalue weighted by molar-refractivity contribution is -0.132. The lowest BCUT2D eigenvalue weighted by Gasteiger charge is -2.29. The van der Waals surface area contributed by atoms with E-state index in [4.69, 9.17) is 26.1 Å². The number of fused-ring (bicyclic) bond motifs is 1. The van der Waals surface area contributed by atoms with Crippen molar-refractivity contribution in [3.63, 3.8) is 0 Å². The van der Waals surface area contributed by atoms with E-state index in [1.165, 1.54) is 18.4 Å². The Bertz CT molecular complexity index is 1730. The molecule has 226 valence electrons. The van der Waals surface area contributed by atoms with Gasteiger partial charge in [0.15, 0.2) is 22.9 Å². The molecule has 2 aliphatic rings. The molecule has 5 rings (SSSR count). The number of aromatic nitrogens is 1. The Morgan fingerprint density at radius 2 is 1.79 bits per heavy atom. The van der Waals surface area contributed by atoms with Gasteiger partial charge in [0, 0.05) is 31.2 Å². The van der Waals surface area contributed by atoms with Crippen LogP contribution in [-0.4, -0.2) is 66.1 Å². The lowest BCUT2D eigenvalue weighted by Crippen LogP contribution is -2.43. The fourth-order valence-electron chi connectivity index (χ4n) is 5.48. The monoisotopic (exact) mass is 622 g/mol. The highest BCUT2D eigenvalue weighted by Gasteiger charge is 2.34. The summed E-state index contributed by atoms with van der Waals surface area (Å²) in [5.74, 6) is 0.711. The van der Waals surface area contributed by atoms with Crippen LogP contribution < -0.4 is 24.4 Å². The van der Waals surface area contributed by atoms with Crippen molar-refractivity contribution >= 4 is 40.8 Å². The summed E-state index contributed by atoms with van der Waals surface area (Å²) in [6, 6.07) is 11.9. The molecule has 0 radical (unpaired) electrons. The van der Waals surface area contributed by atoms with E-state index in [0.717, 1.165) is 37.1 Å². The van der Waals surface area contributed by atoms with E-state index in [1.54, 1.807) is 44.7 Å². The predicted octanol–water partition coefficient (Wildman–Crippen LogP) is 3.77. The van der Waals surface area contributed by atoms with E-state index < -0.39 is 6.04 Å². The molecule has 0 unspecified atom stereocenters. The van der Waals surface area contributed by atoms with Crippen LogP contribution in [0, 0.1) is 0 Å². The Morgan fingerprint density at radius 1 is 1.09 bits per heavy atom. The van der Waals surface area contributed by atoms with Crippen LogP contribution in [0.1, 0.15) is 50.8 Å². The van der Waals surface area contributed by atoms with Gasteiger partial charge in [-0.1, -0.05) is 41.1 Å². The van der Waals surface area contributed by atoms with Gasteiger partial charge in [-0.2, -0.15) is 0 Å². The van der Waals surface area contributed by atoms with Gasteiger partial charge in [0.05, 0.1) is 29.0 Å². The summed E-state index contributed by atoms with van der Waals surface area (Å²) in [4.78, 5) is 48.9. The van der Waals surface area contributed by atoms with Crippen molar-refractivity contribution in [2.75, 3.05) is 39.9 Å². The molecule has 1 atom stereocenters. The molecular weight excluding hydrogens is 588 g/mol. The molecule has 1 fully saturated rings. The molecule has 0 spiro atoms. The maximum atomic E-state index is 14.0. The van der Waals surface area contributed by atoms with Crippen molar-refractivity contribution in [3.8, 4) is 11.5 Å². The van der Waals surface area contributed by atoms with E-state index in [9.17, 15) is 14.4 Å². The minimum absolute atomic E-state index is 0.0471. The third kappa shape index (κ3) is 6.26. The van der Waals surface area contributed by atoms with E-state index in [-0.39, 0.29) is 24.0 Å². The molecule has 9 nitrogen and oxygen atoms in total. The maximum absolute atomic E-state index is 14.0. The minimum atomic E-state index is -0.651. The Kier molecular flexibility index (Phi) is 9.37. The van der Waals surface area contributed by atoms with Gasteiger partial charge >= 0.3 is 0 Å². The first-order chi connectivity index (χ1) is 20.7. The Morgan fingerprint density at radius 3 is 2.44 bits per heavy atom. The van der Waals surface area contributed by atoms with Crippen LogP contribution in [0.15, 0.2) is 63.5 Å². The zero-order valence-corrected chi connectivity index (χ0v) is 26.3. The van der Waals surface area contributed by atoms with Crippen LogP contribution >= 0.6 is 22.9 Å². The van der Waals surface area contributed by atoms with E-state index in [0.29, 0.717) is 50.2 Å². The van der Waals surface area contributed by atoms with Crippen molar-refractivity contribution in [3.05, 3.63) is 89.6 Å². The SMILES string of the molecule is CCN(CC)C(=O)C1=C(C)N=c2s/c(=C\c3ccc(OCC(=O)N4CCCC4)c(OC)c3)c(=O)n2[C@@H]1c1ccc(Cl)cc1. The summed E-state index contributed by atoms with van der Waals surface area (Å²) in [6.07, 6.45) is 3.81. The summed E-state index contributed by atoms with van der Waals surface area (Å²) in [6.45, 7) is 8.22. The number of ether oxygens (including phenoxy) is 2. The normalized spacial score (nSPS) is 16.6. The fraction of sp³-hybridized carbons (Fsp3) is 0.375. The minimum Gasteiger partial charge on any atom is -0.493 e. The van der Waals surface area contributed by atoms with Gasteiger partial charge in [-0.3, -0.25) is 19.0 Å². The highest BCUT2D eigenvalue weighted by molar-refractivity contribution is 7.07. The fourth-order valence-corrected chi connectivity index (χ4v) is 6.65. The third-order valence-corrected chi connectivity index (χ3v) is 9.02. The van der Waals surface area contributed by atoms with Gasteiger partial charge in [0.1, 0.15) is 0 Å². The molecule has 1 aromatic heterocycles. The second kappa shape index (κ2) is 13.2. The molecule has 3 aromatic rings. The average Bonchev–Trinajstić information content (AvgIpc) is 3.65. The van der Waals surface area contributed by atoms with E-state index in [2.05, 4.69) is 0 Å². The number of benzene rings is 2. The molecule has 0 N–H and O–H groups in total. The summed E-state index contributed by atoms with van der Waals surface area (Å²) in [5, 5.41) is 0.565. The van der Waals surface area contributed by atoms with Crippen molar-refractivity contribution < 1.29 is 19.1 Å². The molecule has 3 heterocycles.